The van der Waals surface area contributed by atoms with E-state index in [4.69, 9.17) is 0 Å². The summed E-state index contributed by atoms with van der Waals surface area (Å²) in [6.07, 6.45) is 14.8. The zero-order valence-electron chi connectivity index (χ0n) is 20.3. The maximum atomic E-state index is 3.01. The Hall–Kier alpha value is -0.0800. The van der Waals surface area contributed by atoms with E-state index in [9.17, 15) is 0 Å². The molecule has 4 aliphatic rings. The lowest BCUT2D eigenvalue weighted by Gasteiger charge is -2.50. The predicted octanol–water partition coefficient (Wildman–Crippen LogP) is 6.45. The van der Waals surface area contributed by atoms with Gasteiger partial charge in [-0.2, -0.15) is 0 Å². The SMILES string of the molecule is CC(C)C1CCCN(C2CCCC(C3CCC(C(C)(C)C)CN3CC3CC3)C2)C1. The third-order valence-corrected chi connectivity index (χ3v) is 9.33. The van der Waals surface area contributed by atoms with Crippen molar-refractivity contribution < 1.29 is 0 Å². The molecule has 0 aromatic heterocycles. The van der Waals surface area contributed by atoms with E-state index in [1.807, 2.05) is 0 Å². The van der Waals surface area contributed by atoms with Crippen LogP contribution in [0.5, 0.6) is 0 Å². The molecule has 0 amide bonds. The second kappa shape index (κ2) is 9.19. The van der Waals surface area contributed by atoms with Crippen LogP contribution in [0.4, 0.5) is 0 Å². The van der Waals surface area contributed by atoms with E-state index in [0.717, 1.165) is 41.7 Å². The van der Waals surface area contributed by atoms with Crippen LogP contribution in [0.1, 0.15) is 98.8 Å². The minimum Gasteiger partial charge on any atom is -0.300 e. The molecule has 29 heavy (non-hydrogen) atoms. The molecule has 2 aliphatic heterocycles. The van der Waals surface area contributed by atoms with Gasteiger partial charge in [0.15, 0.2) is 0 Å². The summed E-state index contributed by atoms with van der Waals surface area (Å²) in [4.78, 5) is 5.95. The summed E-state index contributed by atoms with van der Waals surface area (Å²) in [6, 6.07) is 1.78. The molecule has 2 aliphatic carbocycles. The van der Waals surface area contributed by atoms with Gasteiger partial charge in [0, 0.05) is 31.7 Å². The van der Waals surface area contributed by atoms with Gasteiger partial charge in [-0.25, -0.2) is 0 Å². The first kappa shape index (κ1) is 22.1. The van der Waals surface area contributed by atoms with Crippen LogP contribution < -0.4 is 0 Å². The second-order valence-electron chi connectivity index (χ2n) is 12.8. The fourth-order valence-corrected chi connectivity index (χ4v) is 6.95. The van der Waals surface area contributed by atoms with E-state index in [0.29, 0.717) is 5.41 Å². The number of rotatable bonds is 5. The first-order valence-electron chi connectivity index (χ1n) is 13.3. The molecule has 4 fully saturated rings. The molecule has 2 heterocycles. The molecule has 0 spiro atoms. The van der Waals surface area contributed by atoms with E-state index in [2.05, 4.69) is 44.4 Å². The van der Waals surface area contributed by atoms with Crippen LogP contribution in [0.2, 0.25) is 0 Å². The van der Waals surface area contributed by atoms with E-state index in [1.165, 1.54) is 90.4 Å². The van der Waals surface area contributed by atoms with Crippen LogP contribution >= 0.6 is 0 Å². The maximum Gasteiger partial charge on any atom is 0.0124 e. The van der Waals surface area contributed by atoms with Crippen molar-refractivity contribution in [2.24, 2.45) is 35.0 Å². The van der Waals surface area contributed by atoms with Gasteiger partial charge in [-0.15, -0.1) is 0 Å². The molecule has 0 aromatic carbocycles. The van der Waals surface area contributed by atoms with Gasteiger partial charge < -0.3 is 4.90 Å². The van der Waals surface area contributed by atoms with Gasteiger partial charge in [-0.05, 0) is 99.3 Å². The minimum absolute atomic E-state index is 0.474. The summed E-state index contributed by atoms with van der Waals surface area (Å²) in [5.41, 5.74) is 0.474. The molecule has 2 heteroatoms. The fraction of sp³-hybridized carbons (Fsp3) is 1.00. The lowest BCUT2D eigenvalue weighted by molar-refractivity contribution is -0.00277. The van der Waals surface area contributed by atoms with Crippen molar-refractivity contribution in [3.63, 3.8) is 0 Å². The number of likely N-dealkylation sites (tertiary alicyclic amines) is 2. The van der Waals surface area contributed by atoms with Crippen molar-refractivity contribution in [3.8, 4) is 0 Å². The Kier molecular flexibility index (Phi) is 7.01. The summed E-state index contributed by atoms with van der Waals surface area (Å²) in [5.74, 6) is 4.69. The quantitative estimate of drug-likeness (QED) is 0.521. The normalized spacial score (nSPS) is 38.5. The predicted molar refractivity (Wildman–Crippen MR) is 125 cm³/mol. The molecule has 2 saturated carbocycles. The van der Waals surface area contributed by atoms with Crippen molar-refractivity contribution in [2.75, 3.05) is 26.2 Å². The van der Waals surface area contributed by atoms with Crippen molar-refractivity contribution in [3.05, 3.63) is 0 Å². The number of hydrogen-bond acceptors (Lipinski definition) is 2. The molecule has 5 unspecified atom stereocenters. The summed E-state index contributed by atoms with van der Waals surface area (Å²) >= 11 is 0. The molecule has 4 rings (SSSR count). The van der Waals surface area contributed by atoms with E-state index >= 15 is 0 Å². The van der Waals surface area contributed by atoms with Crippen molar-refractivity contribution in [2.45, 2.75) is 111 Å². The molecule has 0 aromatic rings. The third kappa shape index (κ3) is 5.59. The minimum atomic E-state index is 0.474. The lowest BCUT2D eigenvalue weighted by Crippen LogP contribution is -2.53. The van der Waals surface area contributed by atoms with Crippen molar-refractivity contribution >= 4 is 0 Å². The van der Waals surface area contributed by atoms with Gasteiger partial charge in [0.1, 0.15) is 0 Å². The fourth-order valence-electron chi connectivity index (χ4n) is 6.95. The van der Waals surface area contributed by atoms with Gasteiger partial charge in [-0.3, -0.25) is 4.90 Å². The summed E-state index contributed by atoms with van der Waals surface area (Å²) in [7, 11) is 0. The Balaban J connectivity index is 1.39. The average molecular weight is 403 g/mol. The summed E-state index contributed by atoms with van der Waals surface area (Å²) < 4.78 is 0. The van der Waals surface area contributed by atoms with E-state index < -0.39 is 0 Å². The van der Waals surface area contributed by atoms with Crippen LogP contribution in [0, 0.1) is 35.0 Å². The highest BCUT2D eigenvalue weighted by Gasteiger charge is 2.41. The monoisotopic (exact) mass is 402 g/mol. The number of piperidine rings is 2. The summed E-state index contributed by atoms with van der Waals surface area (Å²) in [6.45, 7) is 17.9. The highest BCUT2D eigenvalue weighted by molar-refractivity contribution is 4.95. The maximum absolute atomic E-state index is 3.01. The first-order chi connectivity index (χ1) is 13.8. The highest BCUT2D eigenvalue weighted by atomic mass is 15.2. The Morgan fingerprint density at radius 1 is 0.862 bits per heavy atom. The standard InChI is InChI=1S/C27H50N2/c1-20(2)23-9-7-15-28(18-23)25-10-6-8-22(16-25)26-14-13-24(27(3,4)5)19-29(26)17-21-11-12-21/h20-26H,6-19H2,1-5H3. The lowest BCUT2D eigenvalue weighted by atomic mass is 9.70. The average Bonchev–Trinajstić information content (AvgIpc) is 3.51. The number of nitrogens with zero attached hydrogens (tertiary/aromatic N) is 2. The second-order valence-corrected chi connectivity index (χ2v) is 12.8. The molecule has 0 bridgehead atoms. The van der Waals surface area contributed by atoms with Crippen molar-refractivity contribution in [1.29, 1.82) is 0 Å². The van der Waals surface area contributed by atoms with E-state index in [-0.39, 0.29) is 0 Å². The van der Waals surface area contributed by atoms with Gasteiger partial charge in [0.05, 0.1) is 0 Å². The number of hydrogen-bond donors (Lipinski definition) is 0. The van der Waals surface area contributed by atoms with Gasteiger partial charge in [-0.1, -0.05) is 41.0 Å². The zero-order valence-corrected chi connectivity index (χ0v) is 20.3. The van der Waals surface area contributed by atoms with Gasteiger partial charge >= 0.3 is 0 Å². The van der Waals surface area contributed by atoms with Crippen molar-refractivity contribution in [1.82, 2.24) is 9.80 Å². The van der Waals surface area contributed by atoms with Crippen LogP contribution in [0.25, 0.3) is 0 Å². The van der Waals surface area contributed by atoms with Gasteiger partial charge in [0.2, 0.25) is 0 Å². The smallest absolute Gasteiger partial charge is 0.0124 e. The molecule has 5 atom stereocenters. The Labute approximate surface area is 182 Å². The zero-order chi connectivity index (χ0) is 20.6. The van der Waals surface area contributed by atoms with Crippen LogP contribution in [0.3, 0.4) is 0 Å². The Morgan fingerprint density at radius 2 is 1.66 bits per heavy atom. The molecule has 168 valence electrons. The molecular formula is C27H50N2. The van der Waals surface area contributed by atoms with Crippen LogP contribution in [-0.2, 0) is 0 Å². The van der Waals surface area contributed by atoms with Crippen LogP contribution in [0.15, 0.2) is 0 Å². The molecule has 0 radical (unpaired) electrons. The summed E-state index contributed by atoms with van der Waals surface area (Å²) in [5, 5.41) is 0. The highest BCUT2D eigenvalue weighted by Crippen LogP contribution is 2.43. The first-order valence-corrected chi connectivity index (χ1v) is 13.3. The van der Waals surface area contributed by atoms with Crippen LogP contribution in [-0.4, -0.2) is 48.1 Å². The van der Waals surface area contributed by atoms with E-state index in [1.54, 1.807) is 0 Å². The topological polar surface area (TPSA) is 6.48 Å². The molecule has 2 saturated heterocycles. The Morgan fingerprint density at radius 3 is 2.34 bits per heavy atom. The molecule has 2 nitrogen and oxygen atoms in total. The largest absolute Gasteiger partial charge is 0.300 e. The van der Waals surface area contributed by atoms with Gasteiger partial charge in [0.25, 0.3) is 0 Å². The Bertz CT molecular complexity index is 517. The molecular weight excluding hydrogens is 352 g/mol. The molecule has 0 N–H and O–H groups in total. The third-order valence-electron chi connectivity index (χ3n) is 9.33.